The van der Waals surface area contributed by atoms with E-state index < -0.39 is 10.0 Å². The van der Waals surface area contributed by atoms with Gasteiger partial charge in [0.05, 0.1) is 10.6 Å². The molecule has 3 rings (SSSR count). The minimum Gasteiger partial charge on any atom is -0.384 e. The van der Waals surface area contributed by atoms with Gasteiger partial charge in [0.2, 0.25) is 0 Å². The third-order valence-electron chi connectivity index (χ3n) is 3.74. The van der Waals surface area contributed by atoms with Crippen molar-refractivity contribution < 1.29 is 8.42 Å². The molecular formula is C16H18N2O2S. The number of benzene rings is 2. The Bertz CT molecular complexity index is 798. The number of sulfonamides is 1. The molecule has 1 aliphatic heterocycles. The van der Waals surface area contributed by atoms with E-state index in [9.17, 15) is 8.42 Å². The maximum absolute atomic E-state index is 12.5. The fraction of sp³-hybridized carbons (Fsp3) is 0.250. The van der Waals surface area contributed by atoms with Gasteiger partial charge in [-0.1, -0.05) is 18.2 Å². The van der Waals surface area contributed by atoms with Crippen molar-refractivity contribution in [1.82, 2.24) is 0 Å². The number of nitrogens with one attached hydrogen (secondary N) is 2. The smallest absolute Gasteiger partial charge is 0.261 e. The van der Waals surface area contributed by atoms with Gasteiger partial charge in [-0.15, -0.1) is 0 Å². The Morgan fingerprint density at radius 3 is 2.71 bits per heavy atom. The van der Waals surface area contributed by atoms with Crippen LogP contribution in [0.4, 0.5) is 11.4 Å². The number of aryl methyl sites for hydroxylation is 2. The highest BCUT2D eigenvalue weighted by Crippen LogP contribution is 2.27. The van der Waals surface area contributed by atoms with E-state index in [1.54, 1.807) is 12.1 Å². The average Bonchev–Trinajstić information content (AvgIpc) is 2.90. The van der Waals surface area contributed by atoms with Crippen molar-refractivity contribution in [3.05, 3.63) is 53.1 Å². The first-order chi connectivity index (χ1) is 9.95. The third kappa shape index (κ3) is 2.74. The molecule has 0 radical (unpaired) electrons. The summed E-state index contributed by atoms with van der Waals surface area (Å²) in [4.78, 5) is 0.288. The van der Waals surface area contributed by atoms with Gasteiger partial charge in [0.25, 0.3) is 10.0 Å². The first-order valence-electron chi connectivity index (χ1n) is 6.92. The molecule has 2 N–H and O–H groups in total. The molecule has 4 nitrogen and oxygen atoms in total. The zero-order chi connectivity index (χ0) is 15.0. The fourth-order valence-electron chi connectivity index (χ4n) is 2.49. The molecule has 110 valence electrons. The molecule has 0 aromatic heterocycles. The van der Waals surface area contributed by atoms with E-state index >= 15 is 0 Å². The van der Waals surface area contributed by atoms with Crippen molar-refractivity contribution in [2.75, 3.05) is 16.6 Å². The highest BCUT2D eigenvalue weighted by Gasteiger charge is 2.19. The first kappa shape index (κ1) is 13.9. The van der Waals surface area contributed by atoms with Crippen LogP contribution in [-0.2, 0) is 16.4 Å². The third-order valence-corrected chi connectivity index (χ3v) is 5.10. The number of fused-ring (bicyclic) bond motifs is 1. The van der Waals surface area contributed by atoms with Gasteiger partial charge in [0.1, 0.15) is 0 Å². The van der Waals surface area contributed by atoms with E-state index in [1.165, 1.54) is 5.56 Å². The molecule has 0 fully saturated rings. The van der Waals surface area contributed by atoms with Crippen LogP contribution >= 0.6 is 0 Å². The molecule has 0 amide bonds. The van der Waals surface area contributed by atoms with Crippen LogP contribution in [0.3, 0.4) is 0 Å². The van der Waals surface area contributed by atoms with Crippen molar-refractivity contribution in [3.63, 3.8) is 0 Å². The quantitative estimate of drug-likeness (QED) is 0.916. The monoisotopic (exact) mass is 302 g/mol. The summed E-state index contributed by atoms with van der Waals surface area (Å²) in [5.74, 6) is 0. The van der Waals surface area contributed by atoms with Crippen molar-refractivity contribution in [1.29, 1.82) is 0 Å². The van der Waals surface area contributed by atoms with Crippen LogP contribution < -0.4 is 10.0 Å². The molecule has 2 aromatic carbocycles. The predicted molar refractivity (Wildman–Crippen MR) is 85.4 cm³/mol. The van der Waals surface area contributed by atoms with Gasteiger partial charge in [-0.2, -0.15) is 0 Å². The van der Waals surface area contributed by atoms with E-state index in [0.717, 1.165) is 29.8 Å². The van der Waals surface area contributed by atoms with E-state index in [2.05, 4.69) is 10.0 Å². The molecule has 0 aliphatic carbocycles. The Kier molecular flexibility index (Phi) is 3.37. The lowest BCUT2D eigenvalue weighted by Gasteiger charge is -2.12. The molecule has 0 saturated carbocycles. The van der Waals surface area contributed by atoms with Gasteiger partial charge < -0.3 is 5.32 Å². The molecule has 0 spiro atoms. The molecule has 1 heterocycles. The summed E-state index contributed by atoms with van der Waals surface area (Å²) in [5.41, 5.74) is 4.64. The van der Waals surface area contributed by atoms with Gasteiger partial charge in [-0.3, -0.25) is 4.72 Å². The highest BCUT2D eigenvalue weighted by atomic mass is 32.2. The Balaban J connectivity index is 1.95. The molecule has 0 unspecified atom stereocenters. The average molecular weight is 302 g/mol. The zero-order valence-electron chi connectivity index (χ0n) is 12.1. The van der Waals surface area contributed by atoms with Crippen LogP contribution in [0.15, 0.2) is 41.3 Å². The molecule has 0 saturated heterocycles. The van der Waals surface area contributed by atoms with E-state index in [1.807, 2.05) is 38.1 Å². The van der Waals surface area contributed by atoms with Gasteiger partial charge >= 0.3 is 0 Å². The highest BCUT2D eigenvalue weighted by molar-refractivity contribution is 7.92. The van der Waals surface area contributed by atoms with Crippen LogP contribution in [0.5, 0.6) is 0 Å². The fourth-order valence-corrected chi connectivity index (χ4v) is 3.63. The largest absolute Gasteiger partial charge is 0.384 e. The number of anilines is 2. The van der Waals surface area contributed by atoms with Crippen LogP contribution in [0.2, 0.25) is 0 Å². The molecule has 0 atom stereocenters. The molecule has 0 bridgehead atoms. The van der Waals surface area contributed by atoms with Crippen LogP contribution in [-0.4, -0.2) is 15.0 Å². The standard InChI is InChI=1S/C16H18N2O2S/c1-11-3-4-12(2)15(9-11)18-21(19,20)14-6-5-13-7-8-17-16(13)10-14/h3-6,9-10,17-18H,7-8H2,1-2H3. The summed E-state index contributed by atoms with van der Waals surface area (Å²) in [6.45, 7) is 4.70. The number of hydrogen-bond acceptors (Lipinski definition) is 3. The Hall–Kier alpha value is -2.01. The normalized spacial score (nSPS) is 13.6. The lowest BCUT2D eigenvalue weighted by Crippen LogP contribution is -2.14. The summed E-state index contributed by atoms with van der Waals surface area (Å²) < 4.78 is 27.7. The topological polar surface area (TPSA) is 58.2 Å². The molecule has 2 aromatic rings. The summed E-state index contributed by atoms with van der Waals surface area (Å²) in [5, 5.41) is 3.20. The lowest BCUT2D eigenvalue weighted by molar-refractivity contribution is 0.601. The summed E-state index contributed by atoms with van der Waals surface area (Å²) >= 11 is 0. The number of rotatable bonds is 3. The van der Waals surface area contributed by atoms with Crippen molar-refractivity contribution in [3.8, 4) is 0 Å². The first-order valence-corrected chi connectivity index (χ1v) is 8.41. The van der Waals surface area contributed by atoms with Gasteiger partial charge in [-0.05, 0) is 55.2 Å². The lowest BCUT2D eigenvalue weighted by atomic mass is 10.1. The van der Waals surface area contributed by atoms with Crippen LogP contribution in [0, 0.1) is 13.8 Å². The maximum Gasteiger partial charge on any atom is 0.261 e. The number of hydrogen-bond donors (Lipinski definition) is 2. The summed E-state index contributed by atoms with van der Waals surface area (Å²) in [6, 6.07) is 11.0. The Morgan fingerprint density at radius 2 is 1.90 bits per heavy atom. The second-order valence-corrected chi connectivity index (χ2v) is 7.10. The second kappa shape index (κ2) is 5.07. The maximum atomic E-state index is 12.5. The van der Waals surface area contributed by atoms with E-state index in [4.69, 9.17) is 0 Å². The molecule has 5 heteroatoms. The van der Waals surface area contributed by atoms with Crippen molar-refractivity contribution in [2.45, 2.75) is 25.2 Å². The zero-order valence-corrected chi connectivity index (χ0v) is 12.9. The molecule has 21 heavy (non-hydrogen) atoms. The molecule has 1 aliphatic rings. The molecular weight excluding hydrogens is 284 g/mol. The van der Waals surface area contributed by atoms with Crippen molar-refractivity contribution >= 4 is 21.4 Å². The SMILES string of the molecule is Cc1ccc(C)c(NS(=O)(=O)c2ccc3c(c2)NCC3)c1. The predicted octanol–water partition coefficient (Wildman–Crippen LogP) is 3.07. The summed E-state index contributed by atoms with van der Waals surface area (Å²) in [7, 11) is -3.56. The van der Waals surface area contributed by atoms with Crippen molar-refractivity contribution in [2.24, 2.45) is 0 Å². The summed E-state index contributed by atoms with van der Waals surface area (Å²) in [6.07, 6.45) is 0.945. The second-order valence-electron chi connectivity index (χ2n) is 5.42. The Labute approximate surface area is 125 Å². The van der Waals surface area contributed by atoms with Crippen LogP contribution in [0.1, 0.15) is 16.7 Å². The van der Waals surface area contributed by atoms with Gasteiger partial charge in [0, 0.05) is 12.2 Å². The van der Waals surface area contributed by atoms with Gasteiger partial charge in [-0.25, -0.2) is 8.42 Å². The van der Waals surface area contributed by atoms with Gasteiger partial charge in [0.15, 0.2) is 0 Å². The van der Waals surface area contributed by atoms with Crippen LogP contribution in [0.25, 0.3) is 0 Å². The minimum absolute atomic E-state index is 0.288. The Morgan fingerprint density at radius 1 is 1.10 bits per heavy atom. The van der Waals surface area contributed by atoms with E-state index in [0.29, 0.717) is 5.69 Å². The minimum atomic E-state index is -3.56. The van der Waals surface area contributed by atoms with E-state index in [-0.39, 0.29) is 4.90 Å².